The number of nitrogens with one attached hydrogen (secondary N) is 1. The molecule has 7 heteroatoms. The number of hydrogen-bond acceptors (Lipinski definition) is 5. The first-order valence-electron chi connectivity index (χ1n) is 8.46. The SMILES string of the molecule is C[C@H]1CCCN(Cc2ccc(CNC(=O)Cn3cnnn3)cc2)C1. The maximum Gasteiger partial charge on any atom is 0.242 e. The number of aromatic nitrogens is 4. The van der Waals surface area contributed by atoms with Crippen LogP contribution in [0, 0.1) is 5.92 Å². The van der Waals surface area contributed by atoms with E-state index in [2.05, 4.69) is 56.9 Å². The Morgan fingerprint density at radius 1 is 1.29 bits per heavy atom. The van der Waals surface area contributed by atoms with Crippen LogP contribution in [0.1, 0.15) is 30.9 Å². The van der Waals surface area contributed by atoms with Crippen LogP contribution in [0.15, 0.2) is 30.6 Å². The number of amides is 1. The standard InChI is InChI=1S/C17H24N6O/c1-14-3-2-8-22(10-14)11-16-6-4-15(5-7-16)9-18-17(24)12-23-13-19-20-21-23/h4-7,13-14H,2-3,8-12H2,1H3,(H,18,24)/t14-/m0/s1. The Labute approximate surface area is 142 Å². The van der Waals surface area contributed by atoms with Gasteiger partial charge in [-0.1, -0.05) is 31.2 Å². The normalized spacial score (nSPS) is 18.5. The van der Waals surface area contributed by atoms with Crippen molar-refractivity contribution in [3.8, 4) is 0 Å². The summed E-state index contributed by atoms with van der Waals surface area (Å²) in [6, 6.07) is 8.48. The van der Waals surface area contributed by atoms with Crippen molar-refractivity contribution in [1.82, 2.24) is 30.4 Å². The lowest BCUT2D eigenvalue weighted by Gasteiger charge is -2.30. The lowest BCUT2D eigenvalue weighted by Crippen LogP contribution is -2.33. The molecular weight excluding hydrogens is 304 g/mol. The smallest absolute Gasteiger partial charge is 0.242 e. The summed E-state index contributed by atoms with van der Waals surface area (Å²) in [5, 5.41) is 13.6. The van der Waals surface area contributed by atoms with Crippen molar-refractivity contribution in [2.24, 2.45) is 5.92 Å². The molecule has 24 heavy (non-hydrogen) atoms. The van der Waals surface area contributed by atoms with Crippen LogP contribution in [-0.4, -0.2) is 44.1 Å². The van der Waals surface area contributed by atoms with E-state index in [4.69, 9.17) is 0 Å². The van der Waals surface area contributed by atoms with E-state index in [1.54, 1.807) is 0 Å². The molecule has 0 unspecified atom stereocenters. The molecule has 1 aliphatic heterocycles. The van der Waals surface area contributed by atoms with Crippen molar-refractivity contribution < 1.29 is 4.79 Å². The molecule has 2 heterocycles. The summed E-state index contributed by atoms with van der Waals surface area (Å²) in [5.41, 5.74) is 2.42. The molecule has 2 aromatic rings. The summed E-state index contributed by atoms with van der Waals surface area (Å²) in [7, 11) is 0. The van der Waals surface area contributed by atoms with Crippen LogP contribution < -0.4 is 5.32 Å². The Hall–Kier alpha value is -2.28. The summed E-state index contributed by atoms with van der Waals surface area (Å²) in [6.45, 7) is 6.37. The fourth-order valence-electron chi connectivity index (χ4n) is 3.11. The number of likely N-dealkylation sites (tertiary alicyclic amines) is 1. The molecule has 1 atom stereocenters. The van der Waals surface area contributed by atoms with Crippen molar-refractivity contribution in [1.29, 1.82) is 0 Å². The molecule has 3 rings (SSSR count). The highest BCUT2D eigenvalue weighted by molar-refractivity contribution is 5.75. The van der Waals surface area contributed by atoms with Crippen molar-refractivity contribution >= 4 is 5.91 Å². The number of carbonyl (C=O) groups excluding carboxylic acids is 1. The van der Waals surface area contributed by atoms with Crippen molar-refractivity contribution in [3.05, 3.63) is 41.7 Å². The molecule has 128 valence electrons. The van der Waals surface area contributed by atoms with Crippen LogP contribution in [0.2, 0.25) is 0 Å². The molecule has 0 saturated carbocycles. The van der Waals surface area contributed by atoms with Crippen LogP contribution in [0.25, 0.3) is 0 Å². The van der Waals surface area contributed by atoms with Crippen molar-refractivity contribution in [2.45, 2.75) is 39.4 Å². The summed E-state index contributed by atoms with van der Waals surface area (Å²) >= 11 is 0. The molecular formula is C17H24N6O. The van der Waals surface area contributed by atoms with Gasteiger partial charge in [0, 0.05) is 19.6 Å². The third-order valence-electron chi connectivity index (χ3n) is 4.36. The molecule has 0 aliphatic carbocycles. The van der Waals surface area contributed by atoms with Crippen molar-refractivity contribution in [3.63, 3.8) is 0 Å². The Bertz CT molecular complexity index is 640. The topological polar surface area (TPSA) is 75.9 Å². The van der Waals surface area contributed by atoms with Crippen LogP contribution in [-0.2, 0) is 24.4 Å². The summed E-state index contributed by atoms with van der Waals surface area (Å²) < 4.78 is 1.40. The van der Waals surface area contributed by atoms with Gasteiger partial charge in [0.2, 0.25) is 5.91 Å². The van der Waals surface area contributed by atoms with Crippen LogP contribution in [0.3, 0.4) is 0 Å². The van der Waals surface area contributed by atoms with E-state index in [-0.39, 0.29) is 12.5 Å². The van der Waals surface area contributed by atoms with Gasteiger partial charge in [-0.15, -0.1) is 5.10 Å². The first-order valence-corrected chi connectivity index (χ1v) is 8.46. The van der Waals surface area contributed by atoms with E-state index in [0.717, 1.165) is 18.0 Å². The van der Waals surface area contributed by atoms with Gasteiger partial charge in [0.25, 0.3) is 0 Å². The maximum absolute atomic E-state index is 11.8. The predicted octanol–water partition coefficient (Wildman–Crippen LogP) is 1.22. The second-order valence-corrected chi connectivity index (χ2v) is 6.58. The van der Waals surface area contributed by atoms with Crippen LogP contribution in [0.4, 0.5) is 0 Å². The van der Waals surface area contributed by atoms with Gasteiger partial charge in [-0.25, -0.2) is 4.68 Å². The highest BCUT2D eigenvalue weighted by atomic mass is 16.2. The second kappa shape index (κ2) is 8.01. The quantitative estimate of drug-likeness (QED) is 0.863. The minimum atomic E-state index is -0.103. The van der Waals surface area contributed by atoms with E-state index >= 15 is 0 Å². The molecule has 1 fully saturated rings. The van der Waals surface area contributed by atoms with Gasteiger partial charge in [-0.05, 0) is 46.9 Å². The number of carbonyl (C=O) groups is 1. The van der Waals surface area contributed by atoms with Gasteiger partial charge in [0.15, 0.2) is 0 Å². The molecule has 1 N–H and O–H groups in total. The minimum Gasteiger partial charge on any atom is -0.350 e. The van der Waals surface area contributed by atoms with Crippen LogP contribution >= 0.6 is 0 Å². The minimum absolute atomic E-state index is 0.103. The Morgan fingerprint density at radius 2 is 2.08 bits per heavy atom. The van der Waals surface area contributed by atoms with Gasteiger partial charge in [0.1, 0.15) is 12.9 Å². The van der Waals surface area contributed by atoms with Gasteiger partial charge >= 0.3 is 0 Å². The largest absolute Gasteiger partial charge is 0.350 e. The third kappa shape index (κ3) is 4.86. The fourth-order valence-corrected chi connectivity index (χ4v) is 3.11. The second-order valence-electron chi connectivity index (χ2n) is 6.58. The average molecular weight is 328 g/mol. The molecule has 1 aromatic carbocycles. The zero-order valence-corrected chi connectivity index (χ0v) is 14.1. The molecule has 0 bridgehead atoms. The number of piperidine rings is 1. The number of rotatable bonds is 6. The number of nitrogens with zero attached hydrogens (tertiary/aromatic N) is 5. The Morgan fingerprint density at radius 3 is 2.79 bits per heavy atom. The van der Waals surface area contributed by atoms with Gasteiger partial charge < -0.3 is 5.32 Å². The van der Waals surface area contributed by atoms with E-state index in [9.17, 15) is 4.79 Å². The van der Waals surface area contributed by atoms with E-state index in [1.165, 1.54) is 42.5 Å². The van der Waals surface area contributed by atoms with E-state index in [0.29, 0.717) is 6.54 Å². The van der Waals surface area contributed by atoms with Crippen molar-refractivity contribution in [2.75, 3.05) is 13.1 Å². The molecule has 7 nitrogen and oxygen atoms in total. The maximum atomic E-state index is 11.8. The molecule has 1 saturated heterocycles. The lowest BCUT2D eigenvalue weighted by atomic mass is 9.99. The molecule has 1 amide bonds. The zero-order chi connectivity index (χ0) is 16.8. The summed E-state index contributed by atoms with van der Waals surface area (Å²) in [4.78, 5) is 14.3. The zero-order valence-electron chi connectivity index (χ0n) is 14.1. The highest BCUT2D eigenvalue weighted by Crippen LogP contribution is 2.18. The van der Waals surface area contributed by atoms with Gasteiger partial charge in [-0.3, -0.25) is 9.69 Å². The number of tetrazole rings is 1. The summed E-state index contributed by atoms with van der Waals surface area (Å²) in [5.74, 6) is 0.696. The Kier molecular flexibility index (Phi) is 5.53. The molecule has 0 spiro atoms. The number of hydrogen-bond donors (Lipinski definition) is 1. The van der Waals surface area contributed by atoms with E-state index in [1.807, 2.05) is 0 Å². The fraction of sp³-hybridized carbons (Fsp3) is 0.529. The first-order chi connectivity index (χ1) is 11.7. The van der Waals surface area contributed by atoms with E-state index < -0.39 is 0 Å². The Balaban J connectivity index is 1.45. The third-order valence-corrected chi connectivity index (χ3v) is 4.36. The lowest BCUT2D eigenvalue weighted by molar-refractivity contribution is -0.122. The first kappa shape index (κ1) is 16.6. The molecule has 0 radical (unpaired) electrons. The monoisotopic (exact) mass is 328 g/mol. The van der Waals surface area contributed by atoms with Crippen LogP contribution in [0.5, 0.6) is 0 Å². The highest BCUT2D eigenvalue weighted by Gasteiger charge is 2.16. The summed E-state index contributed by atoms with van der Waals surface area (Å²) in [6.07, 6.45) is 4.07. The predicted molar refractivity (Wildman–Crippen MR) is 89.8 cm³/mol. The molecule has 1 aromatic heterocycles. The van der Waals surface area contributed by atoms with Gasteiger partial charge in [-0.2, -0.15) is 0 Å². The van der Waals surface area contributed by atoms with Gasteiger partial charge in [0.05, 0.1) is 0 Å². The number of benzene rings is 1. The average Bonchev–Trinajstić information content (AvgIpc) is 3.07. The molecule has 1 aliphatic rings.